The molecule has 0 atom stereocenters. The van der Waals surface area contributed by atoms with Gasteiger partial charge in [-0.05, 0) is 59.9 Å². The number of hydrogen-bond acceptors (Lipinski definition) is 4. The van der Waals surface area contributed by atoms with E-state index < -0.39 is 0 Å². The summed E-state index contributed by atoms with van der Waals surface area (Å²) in [7, 11) is 1.68. The Labute approximate surface area is 203 Å². The number of anilines is 1. The van der Waals surface area contributed by atoms with Crippen molar-refractivity contribution in [1.29, 1.82) is 0 Å². The van der Waals surface area contributed by atoms with E-state index in [0.29, 0.717) is 17.3 Å². The summed E-state index contributed by atoms with van der Waals surface area (Å²) in [6, 6.07) is 23.5. The highest BCUT2D eigenvalue weighted by Crippen LogP contribution is 2.35. The van der Waals surface area contributed by atoms with Gasteiger partial charge in [0, 0.05) is 17.0 Å². The van der Waals surface area contributed by atoms with Crippen molar-refractivity contribution in [2.24, 2.45) is 0 Å². The number of rotatable bonds is 6. The lowest BCUT2D eigenvalue weighted by Gasteiger charge is -2.21. The van der Waals surface area contributed by atoms with E-state index in [4.69, 9.17) is 26.3 Å². The Bertz CT molecular complexity index is 1340. The molecule has 1 aliphatic carbocycles. The molecule has 0 saturated heterocycles. The van der Waals surface area contributed by atoms with Crippen LogP contribution in [0.15, 0.2) is 72.8 Å². The van der Waals surface area contributed by atoms with Crippen LogP contribution in [0.3, 0.4) is 0 Å². The Hall–Kier alpha value is -3.70. The Morgan fingerprint density at radius 1 is 0.971 bits per heavy atom. The molecule has 1 aliphatic rings. The first-order chi connectivity index (χ1) is 16.6. The molecule has 1 amide bonds. The first-order valence-electron chi connectivity index (χ1n) is 11.2. The number of nitrogens with one attached hydrogen (secondary N) is 1. The van der Waals surface area contributed by atoms with Crippen LogP contribution in [0.25, 0.3) is 11.3 Å². The average molecular weight is 470 g/mol. The monoisotopic (exact) mass is 469 g/mol. The first-order valence-corrected chi connectivity index (χ1v) is 11.6. The average Bonchev–Trinajstić information content (AvgIpc) is 2.86. The molecule has 0 fully saturated rings. The van der Waals surface area contributed by atoms with Crippen LogP contribution in [0.4, 0.5) is 5.82 Å². The summed E-state index contributed by atoms with van der Waals surface area (Å²) in [5, 5.41) is 3.67. The number of aryl methyl sites for hydroxylation is 2. The summed E-state index contributed by atoms with van der Waals surface area (Å²) >= 11 is 5.97. The van der Waals surface area contributed by atoms with Gasteiger partial charge in [-0.25, -0.2) is 9.97 Å². The fourth-order valence-electron chi connectivity index (χ4n) is 4.26. The molecule has 0 aliphatic heterocycles. The highest BCUT2D eigenvalue weighted by atomic mass is 35.5. The van der Waals surface area contributed by atoms with Crippen molar-refractivity contribution in [2.75, 3.05) is 12.4 Å². The number of aromatic nitrogens is 2. The number of halogens is 1. The fourth-order valence-corrected chi connectivity index (χ4v) is 4.39. The number of methoxy groups -OCH3 is 1. The number of hydrogen-bond donors (Lipinski definition) is 1. The van der Waals surface area contributed by atoms with Crippen molar-refractivity contribution in [3.8, 4) is 17.0 Å². The topological polar surface area (TPSA) is 64.1 Å². The predicted octanol–water partition coefficient (Wildman–Crippen LogP) is 5.68. The van der Waals surface area contributed by atoms with Crippen LogP contribution >= 0.6 is 11.6 Å². The van der Waals surface area contributed by atoms with Crippen molar-refractivity contribution in [3.05, 3.63) is 106 Å². The molecule has 170 valence electrons. The van der Waals surface area contributed by atoms with Gasteiger partial charge in [-0.1, -0.05) is 54.1 Å². The minimum absolute atomic E-state index is 0.133. The molecule has 0 bridgehead atoms. The molecule has 3 aromatic carbocycles. The zero-order valence-electron chi connectivity index (χ0n) is 18.8. The van der Waals surface area contributed by atoms with Crippen LogP contribution in [0.2, 0.25) is 5.02 Å². The molecule has 34 heavy (non-hydrogen) atoms. The summed E-state index contributed by atoms with van der Waals surface area (Å²) in [6.45, 7) is 0. The third kappa shape index (κ3) is 4.80. The van der Waals surface area contributed by atoms with Crippen LogP contribution < -0.4 is 10.1 Å². The van der Waals surface area contributed by atoms with E-state index in [-0.39, 0.29) is 12.3 Å². The van der Waals surface area contributed by atoms with Crippen LogP contribution in [-0.2, 0) is 30.5 Å². The molecule has 0 radical (unpaired) electrons. The zero-order chi connectivity index (χ0) is 23.5. The van der Waals surface area contributed by atoms with Gasteiger partial charge >= 0.3 is 0 Å². The van der Waals surface area contributed by atoms with Crippen LogP contribution in [0, 0.1) is 0 Å². The molecule has 1 N–H and O–H groups in total. The minimum atomic E-state index is -0.133. The lowest BCUT2D eigenvalue weighted by molar-refractivity contribution is -0.115. The molecule has 0 saturated carbocycles. The lowest BCUT2D eigenvalue weighted by Crippen LogP contribution is -2.20. The third-order valence-corrected chi connectivity index (χ3v) is 6.24. The zero-order valence-corrected chi connectivity index (χ0v) is 19.6. The highest BCUT2D eigenvalue weighted by molar-refractivity contribution is 6.30. The van der Waals surface area contributed by atoms with E-state index in [0.717, 1.165) is 52.4 Å². The van der Waals surface area contributed by atoms with E-state index in [1.807, 2.05) is 42.5 Å². The van der Waals surface area contributed by atoms with E-state index in [1.165, 1.54) is 5.56 Å². The largest absolute Gasteiger partial charge is 0.497 e. The fraction of sp³-hybridized carbons (Fsp3) is 0.179. The Balaban J connectivity index is 1.50. The molecule has 0 unspecified atom stereocenters. The quantitative estimate of drug-likeness (QED) is 0.395. The third-order valence-electron chi connectivity index (χ3n) is 5.99. The van der Waals surface area contributed by atoms with Crippen LogP contribution in [0.5, 0.6) is 5.75 Å². The van der Waals surface area contributed by atoms with Gasteiger partial charge in [0.25, 0.3) is 0 Å². The number of ether oxygens (including phenoxy) is 1. The van der Waals surface area contributed by atoms with Crippen LogP contribution in [-0.4, -0.2) is 23.0 Å². The maximum absolute atomic E-state index is 12.9. The second-order valence-corrected chi connectivity index (χ2v) is 8.79. The molecule has 4 aromatic rings. The summed E-state index contributed by atoms with van der Waals surface area (Å²) in [5.74, 6) is 1.23. The number of carbonyl (C=O) groups excluding carboxylic acids is 1. The van der Waals surface area contributed by atoms with E-state index in [2.05, 4.69) is 23.5 Å². The number of carbonyl (C=O) groups is 1. The van der Waals surface area contributed by atoms with Crippen molar-refractivity contribution in [3.63, 3.8) is 0 Å². The predicted molar refractivity (Wildman–Crippen MR) is 134 cm³/mol. The molecule has 1 aromatic heterocycles. The van der Waals surface area contributed by atoms with Gasteiger partial charge in [-0.15, -0.1) is 0 Å². The Morgan fingerprint density at radius 3 is 2.53 bits per heavy atom. The first kappa shape index (κ1) is 22.1. The van der Waals surface area contributed by atoms with E-state index in [1.54, 1.807) is 19.2 Å². The van der Waals surface area contributed by atoms with E-state index in [9.17, 15) is 4.79 Å². The summed E-state index contributed by atoms with van der Waals surface area (Å²) in [6.07, 6.45) is 2.42. The van der Waals surface area contributed by atoms with Gasteiger partial charge in [-0.2, -0.15) is 0 Å². The van der Waals surface area contributed by atoms with Gasteiger partial charge in [0.15, 0.2) is 5.82 Å². The van der Waals surface area contributed by atoms with E-state index >= 15 is 0 Å². The maximum Gasteiger partial charge on any atom is 0.229 e. The number of benzene rings is 3. The molecule has 5 nitrogen and oxygen atoms in total. The smallest absolute Gasteiger partial charge is 0.229 e. The lowest BCUT2D eigenvalue weighted by atomic mass is 9.91. The van der Waals surface area contributed by atoms with Crippen molar-refractivity contribution in [2.45, 2.75) is 25.7 Å². The van der Waals surface area contributed by atoms with Gasteiger partial charge in [-0.3, -0.25) is 4.79 Å². The molecule has 0 spiro atoms. The molecular formula is C28H24ClN3O2. The summed E-state index contributed by atoms with van der Waals surface area (Å²) in [5.41, 5.74) is 6.80. The van der Waals surface area contributed by atoms with Gasteiger partial charge in [0.2, 0.25) is 5.91 Å². The van der Waals surface area contributed by atoms with Crippen molar-refractivity contribution >= 4 is 23.3 Å². The van der Waals surface area contributed by atoms with Gasteiger partial charge < -0.3 is 10.1 Å². The maximum atomic E-state index is 12.9. The SMILES string of the molecule is COc1ccc2c(c1)CCc1nc(NC(=O)Cc3ccc(Cl)cc3)c(Cc3ccccc3)nc1-2. The minimum Gasteiger partial charge on any atom is -0.497 e. The Morgan fingerprint density at radius 2 is 1.76 bits per heavy atom. The molecule has 6 heteroatoms. The number of amides is 1. The second-order valence-electron chi connectivity index (χ2n) is 8.35. The second kappa shape index (κ2) is 9.65. The van der Waals surface area contributed by atoms with Crippen LogP contribution in [0.1, 0.15) is 28.1 Å². The van der Waals surface area contributed by atoms with Crippen molar-refractivity contribution < 1.29 is 9.53 Å². The highest BCUT2D eigenvalue weighted by Gasteiger charge is 2.23. The van der Waals surface area contributed by atoms with Gasteiger partial charge in [0.1, 0.15) is 5.75 Å². The molecule has 1 heterocycles. The normalized spacial score (nSPS) is 11.9. The summed E-state index contributed by atoms with van der Waals surface area (Å²) < 4.78 is 5.40. The van der Waals surface area contributed by atoms with Crippen molar-refractivity contribution in [1.82, 2.24) is 9.97 Å². The molecule has 5 rings (SSSR count). The number of fused-ring (bicyclic) bond motifs is 3. The molecular weight excluding hydrogens is 446 g/mol. The standard InChI is InChI=1S/C28H24ClN3O2/c1-34-22-12-13-23-20(17-22)9-14-24-27(23)30-25(15-18-5-3-2-4-6-18)28(31-24)32-26(33)16-19-7-10-21(29)11-8-19/h2-8,10-13,17H,9,14-16H2,1H3,(H,31,32,33). The number of nitrogens with zero attached hydrogens (tertiary/aromatic N) is 2. The van der Waals surface area contributed by atoms with Gasteiger partial charge in [0.05, 0.1) is 30.6 Å². The Kier molecular flexibility index (Phi) is 6.28. The summed E-state index contributed by atoms with van der Waals surface area (Å²) in [4.78, 5) is 22.8.